The van der Waals surface area contributed by atoms with Crippen LogP contribution in [-0.4, -0.2) is 4.98 Å². The van der Waals surface area contributed by atoms with Gasteiger partial charge in [0, 0.05) is 4.90 Å². The number of anilines is 1. The first-order valence-electron chi connectivity index (χ1n) is 5.69. The van der Waals surface area contributed by atoms with Gasteiger partial charge in [-0.3, -0.25) is 0 Å². The molecule has 3 aromatic rings. The third-order valence-corrected chi connectivity index (χ3v) is 3.64. The zero-order valence-corrected chi connectivity index (χ0v) is 10.5. The molecule has 0 unspecified atom stereocenters. The number of fused-ring (bicyclic) bond motifs is 1. The van der Waals surface area contributed by atoms with Crippen LogP contribution in [0.4, 0.5) is 5.69 Å². The van der Waals surface area contributed by atoms with E-state index in [0.29, 0.717) is 5.69 Å². The Balaban J connectivity index is 1.92. The fraction of sp³-hybridized carbons (Fsp3) is 0. The summed E-state index contributed by atoms with van der Waals surface area (Å²) in [4.78, 5) is 5.48. The van der Waals surface area contributed by atoms with Gasteiger partial charge in [0.2, 0.25) is 0 Å². The van der Waals surface area contributed by atoms with Gasteiger partial charge in [-0.05, 0) is 35.0 Å². The van der Waals surface area contributed by atoms with Crippen LogP contribution in [0.5, 0.6) is 0 Å². The maximum absolute atomic E-state index is 5.62. The fourth-order valence-electron chi connectivity index (χ4n) is 1.80. The number of hydrogen-bond donors (Lipinski definition) is 1. The van der Waals surface area contributed by atoms with E-state index in [-0.39, 0.29) is 0 Å². The molecule has 2 nitrogen and oxygen atoms in total. The van der Waals surface area contributed by atoms with E-state index in [1.54, 1.807) is 18.0 Å². The van der Waals surface area contributed by atoms with Gasteiger partial charge in [-0.25, -0.2) is 4.98 Å². The van der Waals surface area contributed by atoms with Gasteiger partial charge in [-0.2, -0.15) is 0 Å². The monoisotopic (exact) mass is 252 g/mol. The summed E-state index contributed by atoms with van der Waals surface area (Å²) in [7, 11) is 0. The van der Waals surface area contributed by atoms with Gasteiger partial charge in [-0.1, -0.05) is 42.1 Å². The standard InChI is InChI=1S/C15H12N2S/c16-13-6-8-15(17-10-13)18-14-7-5-11-3-1-2-4-12(11)9-14/h1-10H,16H2. The van der Waals surface area contributed by atoms with Crippen LogP contribution in [0.1, 0.15) is 0 Å². The molecule has 88 valence electrons. The number of aromatic nitrogens is 1. The molecule has 0 aliphatic rings. The van der Waals surface area contributed by atoms with Crippen molar-refractivity contribution in [3.05, 3.63) is 60.8 Å². The molecule has 0 radical (unpaired) electrons. The van der Waals surface area contributed by atoms with Crippen molar-refractivity contribution in [3.8, 4) is 0 Å². The molecule has 0 aliphatic heterocycles. The Morgan fingerprint density at radius 3 is 2.50 bits per heavy atom. The summed E-state index contributed by atoms with van der Waals surface area (Å²) in [5, 5.41) is 3.46. The van der Waals surface area contributed by atoms with E-state index in [9.17, 15) is 0 Å². The van der Waals surface area contributed by atoms with Crippen LogP contribution in [0.15, 0.2) is 70.7 Å². The van der Waals surface area contributed by atoms with E-state index < -0.39 is 0 Å². The number of nitrogens with zero attached hydrogens (tertiary/aromatic N) is 1. The highest BCUT2D eigenvalue weighted by molar-refractivity contribution is 7.99. The lowest BCUT2D eigenvalue weighted by atomic mass is 10.1. The second kappa shape index (κ2) is 4.70. The molecular weight excluding hydrogens is 240 g/mol. The SMILES string of the molecule is Nc1ccc(Sc2ccc3ccccc3c2)nc1. The number of hydrogen-bond acceptors (Lipinski definition) is 3. The van der Waals surface area contributed by atoms with E-state index >= 15 is 0 Å². The zero-order valence-electron chi connectivity index (χ0n) is 9.71. The predicted octanol–water partition coefficient (Wildman–Crippen LogP) is 3.97. The van der Waals surface area contributed by atoms with Crippen molar-refractivity contribution < 1.29 is 0 Å². The topological polar surface area (TPSA) is 38.9 Å². The van der Waals surface area contributed by atoms with Crippen LogP contribution in [-0.2, 0) is 0 Å². The Morgan fingerprint density at radius 2 is 1.72 bits per heavy atom. The van der Waals surface area contributed by atoms with Crippen LogP contribution < -0.4 is 5.73 Å². The average Bonchev–Trinajstić information content (AvgIpc) is 2.41. The van der Waals surface area contributed by atoms with Crippen molar-refractivity contribution in [2.24, 2.45) is 0 Å². The van der Waals surface area contributed by atoms with Gasteiger partial charge in [0.15, 0.2) is 0 Å². The van der Waals surface area contributed by atoms with Crippen molar-refractivity contribution in [1.82, 2.24) is 4.98 Å². The minimum Gasteiger partial charge on any atom is -0.397 e. The van der Waals surface area contributed by atoms with Gasteiger partial charge >= 0.3 is 0 Å². The van der Waals surface area contributed by atoms with Gasteiger partial charge in [-0.15, -0.1) is 0 Å². The Bertz CT molecular complexity index is 677. The summed E-state index contributed by atoms with van der Waals surface area (Å²) in [5.74, 6) is 0. The Morgan fingerprint density at radius 1 is 0.889 bits per heavy atom. The molecule has 0 aliphatic carbocycles. The predicted molar refractivity (Wildman–Crippen MR) is 76.7 cm³/mol. The molecule has 2 N–H and O–H groups in total. The Labute approximate surface area is 110 Å². The highest BCUT2D eigenvalue weighted by Gasteiger charge is 2.00. The van der Waals surface area contributed by atoms with Gasteiger partial charge < -0.3 is 5.73 Å². The molecule has 0 bridgehead atoms. The summed E-state index contributed by atoms with van der Waals surface area (Å²) in [6.45, 7) is 0. The van der Waals surface area contributed by atoms with Gasteiger partial charge in [0.05, 0.1) is 11.9 Å². The highest BCUT2D eigenvalue weighted by Crippen LogP contribution is 2.28. The Hall–Kier alpha value is -2.00. The largest absolute Gasteiger partial charge is 0.397 e. The molecule has 0 saturated carbocycles. The van der Waals surface area contributed by atoms with E-state index in [0.717, 1.165) is 5.03 Å². The molecule has 0 fully saturated rings. The lowest BCUT2D eigenvalue weighted by molar-refractivity contribution is 1.14. The molecule has 3 heteroatoms. The summed E-state index contributed by atoms with van der Waals surface area (Å²) in [6.07, 6.45) is 1.68. The van der Waals surface area contributed by atoms with Crippen LogP contribution >= 0.6 is 11.8 Å². The summed E-state index contributed by atoms with van der Waals surface area (Å²) >= 11 is 1.64. The molecule has 1 aromatic heterocycles. The highest BCUT2D eigenvalue weighted by atomic mass is 32.2. The lowest BCUT2D eigenvalue weighted by Gasteiger charge is -2.03. The normalized spacial score (nSPS) is 10.7. The molecule has 0 atom stereocenters. The molecule has 3 rings (SSSR count). The maximum Gasteiger partial charge on any atom is 0.101 e. The van der Waals surface area contributed by atoms with E-state index in [1.165, 1.54) is 15.7 Å². The van der Waals surface area contributed by atoms with Gasteiger partial charge in [0.1, 0.15) is 5.03 Å². The van der Waals surface area contributed by atoms with Crippen molar-refractivity contribution in [1.29, 1.82) is 0 Å². The van der Waals surface area contributed by atoms with Crippen molar-refractivity contribution in [2.45, 2.75) is 9.92 Å². The molecule has 0 saturated heterocycles. The van der Waals surface area contributed by atoms with Gasteiger partial charge in [0.25, 0.3) is 0 Å². The minimum absolute atomic E-state index is 0.692. The number of nitrogen functional groups attached to an aromatic ring is 1. The van der Waals surface area contributed by atoms with Crippen LogP contribution in [0.2, 0.25) is 0 Å². The molecule has 2 aromatic carbocycles. The second-order valence-corrected chi connectivity index (χ2v) is 5.13. The second-order valence-electron chi connectivity index (χ2n) is 4.04. The third-order valence-electron chi connectivity index (χ3n) is 2.70. The van der Waals surface area contributed by atoms with E-state index in [4.69, 9.17) is 5.73 Å². The average molecular weight is 252 g/mol. The van der Waals surface area contributed by atoms with Crippen molar-refractivity contribution >= 4 is 28.2 Å². The van der Waals surface area contributed by atoms with Crippen LogP contribution in [0.3, 0.4) is 0 Å². The first-order valence-corrected chi connectivity index (χ1v) is 6.51. The summed E-state index contributed by atoms with van der Waals surface area (Å²) < 4.78 is 0. The molecule has 18 heavy (non-hydrogen) atoms. The molecule has 0 spiro atoms. The number of rotatable bonds is 2. The zero-order chi connectivity index (χ0) is 12.4. The Kier molecular flexibility index (Phi) is 2.90. The maximum atomic E-state index is 5.62. The summed E-state index contributed by atoms with van der Waals surface area (Å²) in [5.41, 5.74) is 6.32. The third kappa shape index (κ3) is 2.31. The van der Waals surface area contributed by atoms with Crippen LogP contribution in [0.25, 0.3) is 10.8 Å². The van der Waals surface area contributed by atoms with E-state index in [2.05, 4.69) is 47.4 Å². The first kappa shape index (κ1) is 11.1. The quantitative estimate of drug-likeness (QED) is 0.750. The number of pyridine rings is 1. The number of nitrogens with two attached hydrogens (primary N) is 1. The molecule has 1 heterocycles. The lowest BCUT2D eigenvalue weighted by Crippen LogP contribution is -1.86. The summed E-state index contributed by atoms with van der Waals surface area (Å²) in [6, 6.07) is 18.6. The van der Waals surface area contributed by atoms with Crippen LogP contribution in [0, 0.1) is 0 Å². The first-order chi connectivity index (χ1) is 8.81. The van der Waals surface area contributed by atoms with Crippen molar-refractivity contribution in [3.63, 3.8) is 0 Å². The smallest absolute Gasteiger partial charge is 0.101 e. The van der Waals surface area contributed by atoms with Crippen molar-refractivity contribution in [2.75, 3.05) is 5.73 Å². The number of benzene rings is 2. The minimum atomic E-state index is 0.692. The fourth-order valence-corrected chi connectivity index (χ4v) is 2.61. The molecule has 0 amide bonds. The van der Waals surface area contributed by atoms with E-state index in [1.807, 2.05) is 12.1 Å². The molecular formula is C15H12N2S.